The van der Waals surface area contributed by atoms with Crippen LogP contribution in [0.2, 0.25) is 0 Å². The number of hydrogen-bond donors (Lipinski definition) is 2. The molecule has 2 N–H and O–H groups in total. The van der Waals surface area contributed by atoms with Gasteiger partial charge in [-0.15, -0.1) is 0 Å². The van der Waals surface area contributed by atoms with Gasteiger partial charge in [-0.05, 0) is 71.3 Å². The van der Waals surface area contributed by atoms with Crippen molar-refractivity contribution in [2.24, 2.45) is 0 Å². The van der Waals surface area contributed by atoms with Gasteiger partial charge in [0.15, 0.2) is 0 Å². The Morgan fingerprint density at radius 3 is 2.39 bits per heavy atom. The third kappa shape index (κ3) is 5.27. The highest BCUT2D eigenvalue weighted by Gasteiger charge is 2.17. The number of fused-ring (bicyclic) bond motifs is 2. The van der Waals surface area contributed by atoms with Crippen molar-refractivity contribution in [2.45, 2.75) is 13.1 Å². The summed E-state index contributed by atoms with van der Waals surface area (Å²) < 4.78 is 2.03. The van der Waals surface area contributed by atoms with E-state index in [1.54, 1.807) is 24.3 Å². The zero-order valence-corrected chi connectivity index (χ0v) is 21.9. The predicted octanol–water partition coefficient (Wildman–Crippen LogP) is 6.40. The second-order valence-electron chi connectivity index (χ2n) is 9.77. The predicted molar refractivity (Wildman–Crippen MR) is 158 cm³/mol. The molecular weight excluding hydrogens is 512 g/mol. The minimum Gasteiger partial charge on any atom is -0.478 e. The molecule has 0 atom stereocenters. The molecule has 4 aromatic carbocycles. The second-order valence-corrected chi connectivity index (χ2v) is 9.77. The lowest BCUT2D eigenvalue weighted by atomic mass is 9.99. The summed E-state index contributed by atoms with van der Waals surface area (Å²) in [7, 11) is 0. The number of carboxylic acid groups (broad SMARTS) is 1. The van der Waals surface area contributed by atoms with Gasteiger partial charge in [0.25, 0.3) is 5.91 Å². The van der Waals surface area contributed by atoms with Gasteiger partial charge < -0.3 is 15.0 Å². The number of carboxylic acids is 1. The smallest absolute Gasteiger partial charge is 0.335 e. The van der Waals surface area contributed by atoms with Crippen molar-refractivity contribution in [3.8, 4) is 17.2 Å². The number of carbonyl (C=O) groups is 2. The number of para-hydroxylation sites is 1. The Hall–Kier alpha value is -5.74. The van der Waals surface area contributed by atoms with Gasteiger partial charge in [-0.2, -0.15) is 5.26 Å². The molecule has 7 nitrogen and oxygen atoms in total. The van der Waals surface area contributed by atoms with Crippen LogP contribution in [0.3, 0.4) is 0 Å². The lowest BCUT2D eigenvalue weighted by Gasteiger charge is -2.13. The minimum absolute atomic E-state index is 0.192. The second kappa shape index (κ2) is 10.8. The fraction of sp³-hybridized carbons (Fsp3) is 0.0588. The summed E-state index contributed by atoms with van der Waals surface area (Å²) in [6, 6.07) is 33.8. The molecule has 41 heavy (non-hydrogen) atoms. The first kappa shape index (κ1) is 25.5. The maximum Gasteiger partial charge on any atom is 0.335 e. The van der Waals surface area contributed by atoms with Crippen molar-refractivity contribution in [3.05, 3.63) is 137 Å². The molecule has 6 rings (SSSR count). The molecule has 0 aliphatic rings. The van der Waals surface area contributed by atoms with E-state index in [9.17, 15) is 14.9 Å². The van der Waals surface area contributed by atoms with E-state index in [1.165, 1.54) is 12.1 Å². The molecule has 2 aromatic heterocycles. The topological polar surface area (TPSA) is 108 Å². The van der Waals surface area contributed by atoms with Crippen LogP contribution in [-0.4, -0.2) is 26.5 Å². The van der Waals surface area contributed by atoms with Gasteiger partial charge in [0.1, 0.15) is 0 Å². The Morgan fingerprint density at radius 2 is 1.63 bits per heavy atom. The molecule has 0 aliphatic carbocycles. The van der Waals surface area contributed by atoms with E-state index in [0.717, 1.165) is 44.2 Å². The molecule has 2 heterocycles. The fourth-order valence-electron chi connectivity index (χ4n) is 4.97. The van der Waals surface area contributed by atoms with Crippen LogP contribution in [0.5, 0.6) is 0 Å². The summed E-state index contributed by atoms with van der Waals surface area (Å²) in [6.45, 7) is 0.732. The quantitative estimate of drug-likeness (QED) is 0.245. The van der Waals surface area contributed by atoms with Crippen molar-refractivity contribution in [1.82, 2.24) is 14.9 Å². The Labute approximate surface area is 235 Å². The van der Waals surface area contributed by atoms with Crippen molar-refractivity contribution in [2.75, 3.05) is 0 Å². The Morgan fingerprint density at radius 1 is 0.854 bits per heavy atom. The number of amides is 1. The van der Waals surface area contributed by atoms with Crippen LogP contribution >= 0.6 is 0 Å². The Bertz CT molecular complexity index is 1970. The molecule has 0 fully saturated rings. The summed E-state index contributed by atoms with van der Waals surface area (Å²) >= 11 is 0. The van der Waals surface area contributed by atoms with Gasteiger partial charge in [0, 0.05) is 23.5 Å². The van der Waals surface area contributed by atoms with Crippen LogP contribution in [0.15, 0.2) is 109 Å². The van der Waals surface area contributed by atoms with Crippen LogP contribution in [0, 0.1) is 11.3 Å². The van der Waals surface area contributed by atoms with Gasteiger partial charge in [-0.1, -0.05) is 48.5 Å². The number of aromatic carboxylic acids is 1. The first-order chi connectivity index (χ1) is 20.0. The van der Waals surface area contributed by atoms with Gasteiger partial charge in [0.2, 0.25) is 0 Å². The fourth-order valence-corrected chi connectivity index (χ4v) is 4.97. The molecule has 0 aliphatic heterocycles. The summed E-state index contributed by atoms with van der Waals surface area (Å²) in [5.41, 5.74) is 6.39. The third-order valence-corrected chi connectivity index (χ3v) is 7.10. The van der Waals surface area contributed by atoms with Crippen molar-refractivity contribution >= 4 is 33.7 Å². The van der Waals surface area contributed by atoms with Crippen LogP contribution in [0.25, 0.3) is 32.9 Å². The Balaban J connectivity index is 1.37. The van der Waals surface area contributed by atoms with Crippen LogP contribution < -0.4 is 5.32 Å². The summed E-state index contributed by atoms with van der Waals surface area (Å²) in [4.78, 5) is 29.7. The summed E-state index contributed by atoms with van der Waals surface area (Å²) in [5, 5.41) is 23.3. The van der Waals surface area contributed by atoms with Gasteiger partial charge in [-0.25, -0.2) is 4.79 Å². The van der Waals surface area contributed by atoms with Gasteiger partial charge in [0.05, 0.1) is 46.0 Å². The molecule has 0 saturated carbocycles. The van der Waals surface area contributed by atoms with Crippen LogP contribution in [-0.2, 0) is 13.1 Å². The zero-order valence-electron chi connectivity index (χ0n) is 21.9. The molecular formula is C34H24N4O3. The first-order valence-corrected chi connectivity index (χ1v) is 13.1. The number of hydrogen-bond acceptors (Lipinski definition) is 4. The van der Waals surface area contributed by atoms with Crippen LogP contribution in [0.4, 0.5) is 0 Å². The maximum absolute atomic E-state index is 13.7. The van der Waals surface area contributed by atoms with E-state index >= 15 is 0 Å². The van der Waals surface area contributed by atoms with Crippen LogP contribution in [0.1, 0.15) is 37.5 Å². The lowest BCUT2D eigenvalue weighted by molar-refractivity contribution is 0.0696. The molecule has 0 saturated heterocycles. The van der Waals surface area contributed by atoms with E-state index in [1.807, 2.05) is 71.4 Å². The molecule has 0 unspecified atom stereocenters. The highest BCUT2D eigenvalue weighted by molar-refractivity contribution is 6.08. The zero-order chi connectivity index (χ0) is 28.3. The largest absolute Gasteiger partial charge is 0.478 e. The first-order valence-electron chi connectivity index (χ1n) is 13.1. The number of rotatable bonds is 7. The normalized spacial score (nSPS) is 10.9. The van der Waals surface area contributed by atoms with E-state index in [0.29, 0.717) is 17.7 Å². The number of nitriles is 1. The van der Waals surface area contributed by atoms with E-state index < -0.39 is 5.97 Å². The molecule has 0 radical (unpaired) electrons. The summed E-state index contributed by atoms with van der Waals surface area (Å²) in [5.74, 6) is -1.25. The number of pyridine rings is 1. The van der Waals surface area contributed by atoms with Crippen molar-refractivity contribution in [3.63, 3.8) is 0 Å². The number of carbonyl (C=O) groups excluding carboxylic acids is 1. The number of aromatic nitrogens is 2. The summed E-state index contributed by atoms with van der Waals surface area (Å²) in [6.07, 6.45) is 1.96. The highest BCUT2D eigenvalue weighted by atomic mass is 16.4. The monoisotopic (exact) mass is 536 g/mol. The van der Waals surface area contributed by atoms with Crippen molar-refractivity contribution in [1.29, 1.82) is 5.26 Å². The SMILES string of the molecule is N#Cc1ccc(-c2cc(C(=O)NCc3ccc(C(=O)O)cc3)c3c(ccn3Cc3ccc4ccccc4n3)c2)cc1. The van der Waals surface area contributed by atoms with E-state index in [4.69, 9.17) is 10.1 Å². The lowest BCUT2D eigenvalue weighted by Crippen LogP contribution is -2.23. The minimum atomic E-state index is -0.996. The molecule has 0 bridgehead atoms. The van der Waals surface area contributed by atoms with Crippen molar-refractivity contribution < 1.29 is 14.7 Å². The molecule has 0 spiro atoms. The van der Waals surface area contributed by atoms with E-state index in [-0.39, 0.29) is 18.0 Å². The standard InChI is InChI=1S/C34H24N4O3/c35-19-22-5-9-24(10-6-22)28-17-27-15-16-38(21-29-14-13-25-3-1-2-4-31(25)37-29)32(27)30(18-28)33(39)36-20-23-7-11-26(12-8-23)34(40)41/h1-18H,20-21H2,(H,36,39)(H,40,41). The van der Waals surface area contributed by atoms with Gasteiger partial charge >= 0.3 is 5.97 Å². The Kier molecular flexibility index (Phi) is 6.72. The number of benzene rings is 4. The number of nitrogens with zero attached hydrogens (tertiary/aromatic N) is 3. The average Bonchev–Trinajstić information content (AvgIpc) is 3.42. The molecule has 198 valence electrons. The third-order valence-electron chi connectivity index (χ3n) is 7.10. The highest BCUT2D eigenvalue weighted by Crippen LogP contribution is 2.30. The molecule has 7 heteroatoms. The van der Waals surface area contributed by atoms with Gasteiger partial charge in [-0.3, -0.25) is 9.78 Å². The maximum atomic E-state index is 13.7. The van der Waals surface area contributed by atoms with E-state index in [2.05, 4.69) is 17.5 Å². The number of nitrogens with one attached hydrogen (secondary N) is 1. The average molecular weight is 537 g/mol. The molecule has 1 amide bonds. The molecule has 6 aromatic rings.